The maximum absolute atomic E-state index is 5.47. The molecule has 1 fully saturated rings. The molecule has 0 atom stereocenters. The molecule has 0 N–H and O–H groups in total. The summed E-state index contributed by atoms with van der Waals surface area (Å²) in [5, 5.41) is 10.5. The zero-order chi connectivity index (χ0) is 17.8. The van der Waals surface area contributed by atoms with Crippen molar-refractivity contribution >= 4 is 11.8 Å². The van der Waals surface area contributed by atoms with Crippen molar-refractivity contribution in [3.05, 3.63) is 18.2 Å². The molecule has 0 saturated heterocycles. The van der Waals surface area contributed by atoms with Gasteiger partial charge in [0, 0.05) is 16.9 Å². The van der Waals surface area contributed by atoms with Gasteiger partial charge in [-0.05, 0) is 31.0 Å². The number of nitrogens with zero attached hydrogens (tertiary/aromatic N) is 3. The van der Waals surface area contributed by atoms with E-state index in [-0.39, 0.29) is 0 Å². The van der Waals surface area contributed by atoms with Gasteiger partial charge in [0.1, 0.15) is 0 Å². The molecular formula is C19H27N3O2S. The van der Waals surface area contributed by atoms with Crippen LogP contribution in [-0.4, -0.2) is 34.2 Å². The highest BCUT2D eigenvalue weighted by Gasteiger charge is 2.24. The molecule has 3 rings (SSSR count). The third-order valence-corrected chi connectivity index (χ3v) is 5.55. The highest BCUT2D eigenvalue weighted by atomic mass is 32.2. The molecule has 0 aliphatic heterocycles. The van der Waals surface area contributed by atoms with E-state index in [0.717, 1.165) is 28.0 Å². The van der Waals surface area contributed by atoms with Gasteiger partial charge in [-0.2, -0.15) is 0 Å². The van der Waals surface area contributed by atoms with Crippen LogP contribution in [0.1, 0.15) is 52.0 Å². The monoisotopic (exact) mass is 361 g/mol. The summed E-state index contributed by atoms with van der Waals surface area (Å²) in [7, 11) is 3.31. The number of hydrogen-bond donors (Lipinski definition) is 0. The zero-order valence-electron chi connectivity index (χ0n) is 15.5. The molecule has 0 radical (unpaired) electrons. The van der Waals surface area contributed by atoms with Gasteiger partial charge in [0.15, 0.2) is 22.5 Å². The van der Waals surface area contributed by atoms with Gasteiger partial charge in [0.2, 0.25) is 0 Å². The largest absolute Gasteiger partial charge is 0.493 e. The van der Waals surface area contributed by atoms with Crippen molar-refractivity contribution in [2.24, 2.45) is 0 Å². The average molecular weight is 362 g/mol. The standard InChI is InChI=1S/C19H27N3O2S/c1-13(2)25-19-21-20-18(22(19)15-8-6-5-7-9-15)14-10-11-16(23-3)17(12-14)24-4/h10-13,15H,5-9H2,1-4H3. The fraction of sp³-hybridized carbons (Fsp3) is 0.579. The highest BCUT2D eigenvalue weighted by Crippen LogP contribution is 2.38. The molecule has 0 bridgehead atoms. The topological polar surface area (TPSA) is 49.2 Å². The summed E-state index contributed by atoms with van der Waals surface area (Å²) in [4.78, 5) is 0. The molecule has 5 nitrogen and oxygen atoms in total. The van der Waals surface area contributed by atoms with Crippen LogP contribution in [0.4, 0.5) is 0 Å². The molecular weight excluding hydrogens is 334 g/mol. The van der Waals surface area contributed by atoms with Crippen LogP contribution in [0.2, 0.25) is 0 Å². The SMILES string of the molecule is COc1ccc(-c2nnc(SC(C)C)n2C2CCCCC2)cc1OC. The lowest BCUT2D eigenvalue weighted by atomic mass is 9.95. The summed E-state index contributed by atoms with van der Waals surface area (Å²) in [6.07, 6.45) is 6.28. The first kappa shape index (κ1) is 18.1. The summed E-state index contributed by atoms with van der Waals surface area (Å²) in [5.41, 5.74) is 1.02. The van der Waals surface area contributed by atoms with Crippen LogP contribution in [0, 0.1) is 0 Å². The molecule has 1 saturated carbocycles. The van der Waals surface area contributed by atoms with Crippen LogP contribution >= 0.6 is 11.8 Å². The molecule has 1 heterocycles. The first-order valence-electron chi connectivity index (χ1n) is 8.98. The Morgan fingerprint density at radius 3 is 2.40 bits per heavy atom. The van der Waals surface area contributed by atoms with E-state index in [1.807, 2.05) is 18.2 Å². The third-order valence-electron chi connectivity index (χ3n) is 4.59. The van der Waals surface area contributed by atoms with Gasteiger partial charge in [-0.1, -0.05) is 44.9 Å². The van der Waals surface area contributed by atoms with Crippen molar-refractivity contribution in [1.82, 2.24) is 14.8 Å². The van der Waals surface area contributed by atoms with E-state index in [2.05, 4.69) is 28.6 Å². The molecule has 0 amide bonds. The number of rotatable bonds is 6. The van der Waals surface area contributed by atoms with E-state index >= 15 is 0 Å². The van der Waals surface area contributed by atoms with Crippen molar-refractivity contribution < 1.29 is 9.47 Å². The maximum atomic E-state index is 5.47. The Balaban J connectivity index is 2.04. The molecule has 25 heavy (non-hydrogen) atoms. The number of thioether (sulfide) groups is 1. The van der Waals surface area contributed by atoms with Gasteiger partial charge in [0.05, 0.1) is 14.2 Å². The lowest BCUT2D eigenvalue weighted by molar-refractivity contribution is 0.338. The van der Waals surface area contributed by atoms with E-state index in [9.17, 15) is 0 Å². The van der Waals surface area contributed by atoms with E-state index in [0.29, 0.717) is 11.3 Å². The van der Waals surface area contributed by atoms with Gasteiger partial charge < -0.3 is 9.47 Å². The van der Waals surface area contributed by atoms with Crippen LogP contribution < -0.4 is 9.47 Å². The van der Waals surface area contributed by atoms with E-state index in [1.54, 1.807) is 26.0 Å². The van der Waals surface area contributed by atoms with Crippen molar-refractivity contribution in [3.63, 3.8) is 0 Å². The molecule has 2 aromatic rings. The Morgan fingerprint density at radius 2 is 1.76 bits per heavy atom. The lowest BCUT2D eigenvalue weighted by Crippen LogP contribution is -2.15. The van der Waals surface area contributed by atoms with E-state index in [1.165, 1.54) is 32.1 Å². The maximum Gasteiger partial charge on any atom is 0.192 e. The van der Waals surface area contributed by atoms with Crippen molar-refractivity contribution in [2.45, 2.75) is 62.4 Å². The molecule has 1 aromatic heterocycles. The van der Waals surface area contributed by atoms with Crippen LogP contribution in [-0.2, 0) is 0 Å². The summed E-state index contributed by atoms with van der Waals surface area (Å²) >= 11 is 1.79. The minimum absolute atomic E-state index is 0.477. The van der Waals surface area contributed by atoms with Crippen LogP contribution in [0.3, 0.4) is 0 Å². The van der Waals surface area contributed by atoms with Crippen molar-refractivity contribution in [3.8, 4) is 22.9 Å². The average Bonchev–Trinajstić information content (AvgIpc) is 3.04. The first-order valence-corrected chi connectivity index (χ1v) is 9.86. The van der Waals surface area contributed by atoms with Gasteiger partial charge in [-0.15, -0.1) is 10.2 Å². The number of hydrogen-bond acceptors (Lipinski definition) is 5. The molecule has 1 aliphatic carbocycles. The third kappa shape index (κ3) is 3.94. The summed E-state index contributed by atoms with van der Waals surface area (Å²) in [5.74, 6) is 2.37. The van der Waals surface area contributed by atoms with E-state index in [4.69, 9.17) is 9.47 Å². The Labute approximate surface area is 154 Å². The fourth-order valence-corrected chi connectivity index (χ4v) is 4.27. The Morgan fingerprint density at radius 1 is 1.04 bits per heavy atom. The predicted molar refractivity (Wildman–Crippen MR) is 102 cm³/mol. The predicted octanol–water partition coefficient (Wildman–Crippen LogP) is 4.97. The van der Waals surface area contributed by atoms with Crippen molar-refractivity contribution in [2.75, 3.05) is 14.2 Å². The summed E-state index contributed by atoms with van der Waals surface area (Å²) in [6.45, 7) is 4.39. The van der Waals surface area contributed by atoms with Crippen molar-refractivity contribution in [1.29, 1.82) is 0 Å². The second-order valence-electron chi connectivity index (χ2n) is 6.70. The van der Waals surface area contributed by atoms with Crippen LogP contribution in [0.5, 0.6) is 11.5 Å². The Kier molecular flexibility index (Phi) is 5.89. The van der Waals surface area contributed by atoms with Gasteiger partial charge in [0.25, 0.3) is 0 Å². The molecule has 1 aromatic carbocycles. The highest BCUT2D eigenvalue weighted by molar-refractivity contribution is 7.99. The molecule has 1 aliphatic rings. The molecule has 6 heteroatoms. The first-order chi connectivity index (χ1) is 12.1. The molecule has 0 spiro atoms. The van der Waals surface area contributed by atoms with Crippen LogP contribution in [0.15, 0.2) is 23.4 Å². The van der Waals surface area contributed by atoms with Gasteiger partial charge in [-0.25, -0.2) is 0 Å². The summed E-state index contributed by atoms with van der Waals surface area (Å²) < 4.78 is 13.2. The Bertz CT molecular complexity index is 709. The van der Waals surface area contributed by atoms with Gasteiger partial charge >= 0.3 is 0 Å². The van der Waals surface area contributed by atoms with Crippen LogP contribution in [0.25, 0.3) is 11.4 Å². The van der Waals surface area contributed by atoms with E-state index < -0.39 is 0 Å². The minimum Gasteiger partial charge on any atom is -0.493 e. The van der Waals surface area contributed by atoms with Gasteiger partial charge in [-0.3, -0.25) is 4.57 Å². The molecule has 136 valence electrons. The number of aromatic nitrogens is 3. The smallest absolute Gasteiger partial charge is 0.192 e. The number of benzene rings is 1. The fourth-order valence-electron chi connectivity index (χ4n) is 3.41. The second kappa shape index (κ2) is 8.13. The number of methoxy groups -OCH3 is 2. The molecule has 0 unspecified atom stereocenters. The Hall–Kier alpha value is -1.69. The second-order valence-corrected chi connectivity index (χ2v) is 8.25. The minimum atomic E-state index is 0.477. The normalized spacial score (nSPS) is 15.6. The summed E-state index contributed by atoms with van der Waals surface area (Å²) in [6, 6.07) is 6.44. The number of ether oxygens (including phenoxy) is 2. The lowest BCUT2D eigenvalue weighted by Gasteiger charge is -2.26. The zero-order valence-corrected chi connectivity index (χ0v) is 16.3. The quantitative estimate of drug-likeness (QED) is 0.680.